The van der Waals surface area contributed by atoms with Crippen molar-refractivity contribution >= 4 is 5.91 Å². The molecule has 0 saturated carbocycles. The second-order valence-electron chi connectivity index (χ2n) is 3.98. The van der Waals surface area contributed by atoms with Gasteiger partial charge in [-0.2, -0.15) is 0 Å². The van der Waals surface area contributed by atoms with Crippen LogP contribution in [0.4, 0.5) is 0 Å². The molecule has 2 aromatic rings. The minimum atomic E-state index is -0.294. The zero-order valence-electron chi connectivity index (χ0n) is 10.6. The number of hydrogen-bond acceptors (Lipinski definition) is 4. The second-order valence-corrected chi connectivity index (χ2v) is 3.98. The SMILES string of the molecule is CN(CCO)C(=O)c1ccc(Oc2ccccc2)o1. The Bertz CT molecular complexity index is 535. The smallest absolute Gasteiger partial charge is 0.290 e. The maximum absolute atomic E-state index is 11.9. The quantitative estimate of drug-likeness (QED) is 0.895. The fourth-order valence-electron chi connectivity index (χ4n) is 1.53. The number of amides is 1. The summed E-state index contributed by atoms with van der Waals surface area (Å²) in [6.45, 7) is 0.171. The van der Waals surface area contributed by atoms with E-state index in [1.165, 1.54) is 4.90 Å². The lowest BCUT2D eigenvalue weighted by Crippen LogP contribution is -2.29. The average molecular weight is 261 g/mol. The van der Waals surface area contributed by atoms with Gasteiger partial charge in [0, 0.05) is 19.7 Å². The van der Waals surface area contributed by atoms with Crippen molar-refractivity contribution in [2.45, 2.75) is 0 Å². The van der Waals surface area contributed by atoms with Crippen LogP contribution >= 0.6 is 0 Å². The first-order chi connectivity index (χ1) is 9.20. The summed E-state index contributed by atoms with van der Waals surface area (Å²) in [5, 5.41) is 8.78. The molecule has 2 rings (SSSR count). The maximum Gasteiger partial charge on any atom is 0.290 e. The van der Waals surface area contributed by atoms with Gasteiger partial charge in [0.15, 0.2) is 5.76 Å². The Hall–Kier alpha value is -2.27. The molecule has 0 bridgehead atoms. The predicted molar refractivity (Wildman–Crippen MR) is 69.3 cm³/mol. The number of carbonyl (C=O) groups is 1. The molecule has 0 atom stereocenters. The fourth-order valence-corrected chi connectivity index (χ4v) is 1.53. The van der Waals surface area contributed by atoms with Crippen LogP contribution < -0.4 is 4.74 Å². The van der Waals surface area contributed by atoms with Crippen LogP contribution in [0.2, 0.25) is 0 Å². The van der Waals surface area contributed by atoms with Crippen LogP contribution in [0.1, 0.15) is 10.6 Å². The van der Waals surface area contributed by atoms with Crippen LogP contribution in [0.25, 0.3) is 0 Å². The Morgan fingerprint density at radius 2 is 2.00 bits per heavy atom. The number of aliphatic hydroxyl groups is 1. The Morgan fingerprint density at radius 1 is 1.26 bits per heavy atom. The summed E-state index contributed by atoms with van der Waals surface area (Å²) in [5.74, 6) is 0.783. The van der Waals surface area contributed by atoms with Gasteiger partial charge in [0.2, 0.25) is 0 Å². The Kier molecular flexibility index (Phi) is 4.20. The van der Waals surface area contributed by atoms with E-state index in [1.807, 2.05) is 18.2 Å². The molecule has 1 N–H and O–H groups in total. The number of nitrogens with zero attached hydrogens (tertiary/aromatic N) is 1. The molecule has 0 unspecified atom stereocenters. The summed E-state index contributed by atoms with van der Waals surface area (Å²) in [6.07, 6.45) is 0. The molecule has 1 heterocycles. The summed E-state index contributed by atoms with van der Waals surface area (Å²) < 4.78 is 10.8. The number of ether oxygens (including phenoxy) is 1. The van der Waals surface area contributed by atoms with Crippen LogP contribution in [0.15, 0.2) is 46.9 Å². The number of aliphatic hydroxyl groups excluding tert-OH is 1. The monoisotopic (exact) mass is 261 g/mol. The van der Waals surface area contributed by atoms with Gasteiger partial charge in [0.1, 0.15) is 5.75 Å². The van der Waals surface area contributed by atoms with Gasteiger partial charge < -0.3 is 19.2 Å². The molecule has 0 aliphatic heterocycles. The highest BCUT2D eigenvalue weighted by Gasteiger charge is 2.16. The van der Waals surface area contributed by atoms with Crippen molar-refractivity contribution in [2.75, 3.05) is 20.2 Å². The van der Waals surface area contributed by atoms with Crippen LogP contribution in [0.3, 0.4) is 0 Å². The third kappa shape index (κ3) is 3.35. The Balaban J connectivity index is 2.05. The Morgan fingerprint density at radius 3 is 2.68 bits per heavy atom. The van der Waals surface area contributed by atoms with Gasteiger partial charge in [-0.05, 0) is 18.2 Å². The van der Waals surface area contributed by atoms with Crippen LogP contribution in [-0.2, 0) is 0 Å². The molecule has 1 aromatic carbocycles. The number of carbonyl (C=O) groups excluding carboxylic acids is 1. The van der Waals surface area contributed by atoms with E-state index in [2.05, 4.69) is 0 Å². The van der Waals surface area contributed by atoms with Crippen molar-refractivity contribution in [3.8, 4) is 11.7 Å². The molecule has 0 fully saturated rings. The first-order valence-electron chi connectivity index (χ1n) is 5.90. The lowest BCUT2D eigenvalue weighted by molar-refractivity contribution is 0.0731. The molecule has 100 valence electrons. The zero-order chi connectivity index (χ0) is 13.7. The molecule has 5 nitrogen and oxygen atoms in total. The van der Waals surface area contributed by atoms with Crippen LogP contribution in [0, 0.1) is 0 Å². The highest BCUT2D eigenvalue weighted by atomic mass is 16.6. The highest BCUT2D eigenvalue weighted by Crippen LogP contribution is 2.23. The van der Waals surface area contributed by atoms with E-state index in [0.717, 1.165) is 0 Å². The third-order valence-electron chi connectivity index (χ3n) is 2.54. The lowest BCUT2D eigenvalue weighted by atomic mass is 10.3. The normalized spacial score (nSPS) is 10.2. The highest BCUT2D eigenvalue weighted by molar-refractivity contribution is 5.91. The molecule has 0 aliphatic rings. The van der Waals surface area contributed by atoms with Crippen molar-refractivity contribution in [2.24, 2.45) is 0 Å². The zero-order valence-corrected chi connectivity index (χ0v) is 10.6. The lowest BCUT2D eigenvalue weighted by Gasteiger charge is -2.13. The van der Waals surface area contributed by atoms with Crippen molar-refractivity contribution in [1.29, 1.82) is 0 Å². The molecule has 0 saturated heterocycles. The number of likely N-dealkylation sites (N-methyl/N-ethyl adjacent to an activating group) is 1. The van der Waals surface area contributed by atoms with E-state index < -0.39 is 0 Å². The average Bonchev–Trinajstić information content (AvgIpc) is 2.88. The van der Waals surface area contributed by atoms with Gasteiger partial charge in [0.25, 0.3) is 11.9 Å². The molecule has 1 amide bonds. The summed E-state index contributed by atoms with van der Waals surface area (Å²) in [6, 6.07) is 12.3. The predicted octanol–water partition coefficient (Wildman–Crippen LogP) is 2.14. The molecule has 1 aromatic heterocycles. The summed E-state index contributed by atoms with van der Waals surface area (Å²) >= 11 is 0. The van der Waals surface area contributed by atoms with Crippen molar-refractivity contribution in [3.05, 3.63) is 48.2 Å². The summed E-state index contributed by atoms with van der Waals surface area (Å²) in [4.78, 5) is 13.2. The number of furan rings is 1. The molecular weight excluding hydrogens is 246 g/mol. The molecule has 0 spiro atoms. The van der Waals surface area contributed by atoms with Gasteiger partial charge in [-0.25, -0.2) is 0 Å². The summed E-state index contributed by atoms with van der Waals surface area (Å²) in [7, 11) is 1.60. The van der Waals surface area contributed by atoms with E-state index in [-0.39, 0.29) is 30.8 Å². The fraction of sp³-hybridized carbons (Fsp3) is 0.214. The second kappa shape index (κ2) is 6.06. The largest absolute Gasteiger partial charge is 0.426 e. The van der Waals surface area contributed by atoms with Gasteiger partial charge in [0.05, 0.1) is 6.61 Å². The third-order valence-corrected chi connectivity index (χ3v) is 2.54. The Labute approximate surface area is 111 Å². The molecule has 0 aliphatic carbocycles. The van der Waals surface area contributed by atoms with Gasteiger partial charge in [-0.3, -0.25) is 4.79 Å². The first-order valence-corrected chi connectivity index (χ1v) is 5.90. The van der Waals surface area contributed by atoms with Crippen molar-refractivity contribution < 1.29 is 19.1 Å². The molecular formula is C14H15NO4. The number of rotatable bonds is 5. The van der Waals surface area contributed by atoms with E-state index in [0.29, 0.717) is 5.75 Å². The number of para-hydroxylation sites is 1. The molecule has 19 heavy (non-hydrogen) atoms. The summed E-state index contributed by atoms with van der Waals surface area (Å²) in [5.41, 5.74) is 0. The van der Waals surface area contributed by atoms with Crippen LogP contribution in [0.5, 0.6) is 11.7 Å². The minimum Gasteiger partial charge on any atom is -0.426 e. The van der Waals surface area contributed by atoms with Gasteiger partial charge in [-0.1, -0.05) is 18.2 Å². The van der Waals surface area contributed by atoms with E-state index >= 15 is 0 Å². The molecule has 0 radical (unpaired) electrons. The number of hydrogen-bond donors (Lipinski definition) is 1. The van der Waals surface area contributed by atoms with Gasteiger partial charge >= 0.3 is 0 Å². The van der Waals surface area contributed by atoms with Crippen LogP contribution in [-0.4, -0.2) is 36.1 Å². The first kappa shape index (κ1) is 13.2. The maximum atomic E-state index is 11.9. The number of benzene rings is 1. The van der Waals surface area contributed by atoms with Crippen molar-refractivity contribution in [1.82, 2.24) is 4.90 Å². The molecule has 5 heteroatoms. The van der Waals surface area contributed by atoms with E-state index in [1.54, 1.807) is 31.3 Å². The van der Waals surface area contributed by atoms with Gasteiger partial charge in [-0.15, -0.1) is 0 Å². The van der Waals surface area contributed by atoms with E-state index in [9.17, 15) is 4.79 Å². The van der Waals surface area contributed by atoms with E-state index in [4.69, 9.17) is 14.3 Å². The minimum absolute atomic E-state index is 0.0870. The van der Waals surface area contributed by atoms with Crippen molar-refractivity contribution in [3.63, 3.8) is 0 Å². The standard InChI is InChI=1S/C14H15NO4/c1-15(9-10-16)14(17)12-7-8-13(19-12)18-11-5-3-2-4-6-11/h2-8,16H,9-10H2,1H3. The topological polar surface area (TPSA) is 62.9 Å².